The summed E-state index contributed by atoms with van der Waals surface area (Å²) in [6.45, 7) is 0.930. The summed E-state index contributed by atoms with van der Waals surface area (Å²) in [6, 6.07) is -0.560. The third-order valence-corrected chi connectivity index (χ3v) is 5.42. The third-order valence-electron chi connectivity index (χ3n) is 3.41. The van der Waals surface area contributed by atoms with Gasteiger partial charge >= 0.3 is 0 Å². The number of anilines is 1. The van der Waals surface area contributed by atoms with Crippen molar-refractivity contribution >= 4 is 32.4 Å². The van der Waals surface area contributed by atoms with E-state index in [1.807, 2.05) is 5.38 Å². The van der Waals surface area contributed by atoms with Gasteiger partial charge in [-0.05, 0) is 25.7 Å². The molecule has 1 atom stereocenters. The highest BCUT2D eigenvalue weighted by molar-refractivity contribution is 7.88. The van der Waals surface area contributed by atoms with Gasteiger partial charge in [0.15, 0.2) is 5.13 Å². The SMILES string of the molecule is CS(=O)(=O)N1CCC[C@H]1C(=O)NCCCc1csc(N)n1. The third kappa shape index (κ3) is 4.39. The Morgan fingerprint density at radius 1 is 1.62 bits per heavy atom. The molecule has 1 aliphatic rings. The van der Waals surface area contributed by atoms with Crippen LogP contribution in [0.4, 0.5) is 5.13 Å². The lowest BCUT2D eigenvalue weighted by molar-refractivity contribution is -0.124. The minimum Gasteiger partial charge on any atom is -0.375 e. The number of sulfonamides is 1. The molecule has 7 nitrogen and oxygen atoms in total. The summed E-state index contributed by atoms with van der Waals surface area (Å²) in [7, 11) is -3.32. The number of hydrogen-bond acceptors (Lipinski definition) is 6. The Morgan fingerprint density at radius 2 is 2.38 bits per heavy atom. The monoisotopic (exact) mass is 332 g/mol. The Balaban J connectivity index is 1.76. The highest BCUT2D eigenvalue weighted by Gasteiger charge is 2.36. The smallest absolute Gasteiger partial charge is 0.238 e. The van der Waals surface area contributed by atoms with E-state index in [4.69, 9.17) is 5.73 Å². The summed E-state index contributed by atoms with van der Waals surface area (Å²) in [5.41, 5.74) is 6.47. The fraction of sp³-hybridized carbons (Fsp3) is 0.667. The number of carbonyl (C=O) groups excluding carboxylic acids is 1. The Labute approximate surface area is 128 Å². The zero-order valence-corrected chi connectivity index (χ0v) is 13.5. The number of nitrogens with zero attached hydrogens (tertiary/aromatic N) is 2. The predicted molar refractivity (Wildman–Crippen MR) is 82.4 cm³/mol. The summed E-state index contributed by atoms with van der Waals surface area (Å²) < 4.78 is 24.5. The Morgan fingerprint density at radius 3 is 3.00 bits per heavy atom. The van der Waals surface area contributed by atoms with Crippen molar-refractivity contribution in [1.29, 1.82) is 0 Å². The first-order valence-corrected chi connectivity index (χ1v) is 9.55. The van der Waals surface area contributed by atoms with E-state index in [1.165, 1.54) is 15.6 Å². The van der Waals surface area contributed by atoms with Gasteiger partial charge in [-0.15, -0.1) is 11.3 Å². The maximum atomic E-state index is 12.1. The molecule has 1 aliphatic heterocycles. The van der Waals surface area contributed by atoms with Crippen LogP contribution < -0.4 is 11.1 Å². The van der Waals surface area contributed by atoms with Gasteiger partial charge in [-0.3, -0.25) is 4.79 Å². The van der Waals surface area contributed by atoms with E-state index in [1.54, 1.807) is 0 Å². The molecule has 1 amide bonds. The first-order valence-electron chi connectivity index (χ1n) is 6.82. The highest BCUT2D eigenvalue weighted by atomic mass is 32.2. The maximum Gasteiger partial charge on any atom is 0.238 e. The highest BCUT2D eigenvalue weighted by Crippen LogP contribution is 2.20. The fourth-order valence-electron chi connectivity index (χ4n) is 2.44. The van der Waals surface area contributed by atoms with Crippen molar-refractivity contribution in [2.75, 3.05) is 25.1 Å². The molecule has 1 aromatic rings. The lowest BCUT2D eigenvalue weighted by Crippen LogP contribution is -2.45. The topological polar surface area (TPSA) is 105 Å². The second-order valence-corrected chi connectivity index (χ2v) is 7.93. The Bertz CT molecular complexity index is 599. The molecule has 118 valence electrons. The lowest BCUT2D eigenvalue weighted by Gasteiger charge is -2.21. The van der Waals surface area contributed by atoms with Crippen molar-refractivity contribution in [3.05, 3.63) is 11.1 Å². The number of nitrogens with two attached hydrogens (primary N) is 1. The largest absolute Gasteiger partial charge is 0.375 e. The number of aromatic nitrogens is 1. The van der Waals surface area contributed by atoms with Crippen LogP contribution >= 0.6 is 11.3 Å². The number of nitrogen functional groups attached to an aromatic ring is 1. The summed E-state index contributed by atoms with van der Waals surface area (Å²) in [6.07, 6.45) is 3.95. The molecule has 0 aromatic carbocycles. The Kier molecular flexibility index (Phi) is 5.17. The number of aryl methyl sites for hydroxylation is 1. The molecule has 21 heavy (non-hydrogen) atoms. The van der Waals surface area contributed by atoms with Gasteiger partial charge in [0, 0.05) is 18.5 Å². The lowest BCUT2D eigenvalue weighted by atomic mass is 10.2. The first-order chi connectivity index (χ1) is 9.88. The molecule has 2 rings (SSSR count). The summed E-state index contributed by atoms with van der Waals surface area (Å²) in [4.78, 5) is 16.2. The molecule has 0 saturated carbocycles. The van der Waals surface area contributed by atoms with Crippen molar-refractivity contribution in [3.8, 4) is 0 Å². The molecule has 3 N–H and O–H groups in total. The average molecular weight is 332 g/mol. The second-order valence-electron chi connectivity index (χ2n) is 5.10. The number of thiazole rings is 1. The molecule has 9 heteroatoms. The van der Waals surface area contributed by atoms with E-state index in [0.29, 0.717) is 24.6 Å². The number of rotatable bonds is 6. The molecule has 1 aromatic heterocycles. The molecule has 0 aliphatic carbocycles. The van der Waals surface area contributed by atoms with E-state index >= 15 is 0 Å². The van der Waals surface area contributed by atoms with E-state index in [-0.39, 0.29) is 5.91 Å². The van der Waals surface area contributed by atoms with Crippen LogP contribution in [-0.2, 0) is 21.2 Å². The van der Waals surface area contributed by atoms with Crippen LogP contribution in [0.15, 0.2) is 5.38 Å². The molecule has 0 spiro atoms. The number of hydrogen-bond donors (Lipinski definition) is 2. The van der Waals surface area contributed by atoms with E-state index in [9.17, 15) is 13.2 Å². The molecule has 0 unspecified atom stereocenters. The summed E-state index contributed by atoms with van der Waals surface area (Å²) in [5, 5.41) is 5.25. The van der Waals surface area contributed by atoms with Gasteiger partial charge in [0.2, 0.25) is 15.9 Å². The van der Waals surface area contributed by atoms with Crippen LogP contribution in [-0.4, -0.2) is 49.0 Å². The average Bonchev–Trinajstić information content (AvgIpc) is 3.02. The molecular weight excluding hydrogens is 312 g/mol. The number of amides is 1. The second kappa shape index (κ2) is 6.71. The minimum atomic E-state index is -3.32. The molecule has 1 saturated heterocycles. The molecular formula is C12H20N4O3S2. The summed E-state index contributed by atoms with van der Waals surface area (Å²) in [5.74, 6) is -0.212. The van der Waals surface area contributed by atoms with Gasteiger partial charge in [-0.1, -0.05) is 0 Å². The molecule has 0 radical (unpaired) electrons. The van der Waals surface area contributed by atoms with Gasteiger partial charge in [-0.25, -0.2) is 13.4 Å². The predicted octanol–water partition coefficient (Wildman–Crippen LogP) is 0.198. The molecule has 2 heterocycles. The van der Waals surface area contributed by atoms with Crippen molar-refractivity contribution in [2.45, 2.75) is 31.7 Å². The zero-order valence-electron chi connectivity index (χ0n) is 11.9. The van der Waals surface area contributed by atoms with Crippen LogP contribution in [0.3, 0.4) is 0 Å². The van der Waals surface area contributed by atoms with Crippen LogP contribution in [0.1, 0.15) is 25.0 Å². The van der Waals surface area contributed by atoms with Crippen LogP contribution in [0.2, 0.25) is 0 Å². The maximum absolute atomic E-state index is 12.1. The van der Waals surface area contributed by atoms with Gasteiger partial charge in [0.1, 0.15) is 6.04 Å². The summed E-state index contributed by atoms with van der Waals surface area (Å²) >= 11 is 1.40. The standard InChI is InChI=1S/C12H20N4O3S2/c1-21(18,19)16-7-3-5-10(16)11(17)14-6-2-4-9-8-20-12(13)15-9/h8,10H,2-7H2,1H3,(H2,13,15)(H,14,17)/t10-/m0/s1. The van der Waals surface area contributed by atoms with Crippen LogP contribution in [0.5, 0.6) is 0 Å². The van der Waals surface area contributed by atoms with Crippen molar-refractivity contribution in [2.24, 2.45) is 0 Å². The van der Waals surface area contributed by atoms with E-state index < -0.39 is 16.1 Å². The zero-order chi connectivity index (χ0) is 15.5. The quantitative estimate of drug-likeness (QED) is 0.724. The molecule has 1 fully saturated rings. The number of carbonyl (C=O) groups is 1. The first kappa shape index (κ1) is 16.2. The minimum absolute atomic E-state index is 0.212. The van der Waals surface area contributed by atoms with Crippen molar-refractivity contribution in [3.63, 3.8) is 0 Å². The van der Waals surface area contributed by atoms with Gasteiger partial charge < -0.3 is 11.1 Å². The van der Waals surface area contributed by atoms with E-state index in [0.717, 1.165) is 31.2 Å². The van der Waals surface area contributed by atoms with Gasteiger partial charge in [0.05, 0.1) is 11.9 Å². The van der Waals surface area contributed by atoms with Crippen molar-refractivity contribution < 1.29 is 13.2 Å². The Hall–Kier alpha value is -1.19. The van der Waals surface area contributed by atoms with Crippen LogP contribution in [0.25, 0.3) is 0 Å². The van der Waals surface area contributed by atoms with Crippen molar-refractivity contribution in [1.82, 2.24) is 14.6 Å². The van der Waals surface area contributed by atoms with Gasteiger partial charge in [0.25, 0.3) is 0 Å². The van der Waals surface area contributed by atoms with E-state index in [2.05, 4.69) is 10.3 Å². The normalized spacial score (nSPS) is 19.8. The fourth-order valence-corrected chi connectivity index (χ4v) is 4.16. The number of nitrogens with one attached hydrogen (secondary N) is 1. The van der Waals surface area contributed by atoms with Gasteiger partial charge in [-0.2, -0.15) is 4.31 Å². The van der Waals surface area contributed by atoms with Crippen LogP contribution in [0, 0.1) is 0 Å². The molecule has 0 bridgehead atoms.